The Morgan fingerprint density at radius 3 is 2.44 bits per heavy atom. The summed E-state index contributed by atoms with van der Waals surface area (Å²) in [6.07, 6.45) is 0.926. The van der Waals surface area contributed by atoms with E-state index in [9.17, 15) is 0 Å². The molecular formula is C12H18N2O2. The summed E-state index contributed by atoms with van der Waals surface area (Å²) >= 11 is 0. The minimum atomic E-state index is -0.766. The first kappa shape index (κ1) is 12.7. The van der Waals surface area contributed by atoms with Crippen molar-refractivity contribution >= 4 is 11.9 Å². The molecule has 4 heteroatoms. The zero-order chi connectivity index (χ0) is 12.0. The van der Waals surface area contributed by atoms with Crippen LogP contribution >= 0.6 is 0 Å². The van der Waals surface area contributed by atoms with E-state index in [-0.39, 0.29) is 13.2 Å². The predicted molar refractivity (Wildman–Crippen MR) is 66.3 cm³/mol. The molecule has 1 unspecified atom stereocenters. The summed E-state index contributed by atoms with van der Waals surface area (Å²) in [5.74, 6) is 0. The van der Waals surface area contributed by atoms with Gasteiger partial charge in [-0.25, -0.2) is 0 Å². The van der Waals surface area contributed by atoms with Crippen molar-refractivity contribution < 1.29 is 10.2 Å². The fraction of sp³-hybridized carbons (Fsp3) is 0.417. The minimum Gasteiger partial charge on any atom is -0.394 e. The number of nitrogens with zero attached hydrogens (tertiary/aromatic N) is 2. The molecule has 0 spiro atoms. The van der Waals surface area contributed by atoms with Crippen LogP contribution in [0.1, 0.15) is 5.56 Å². The average Bonchev–Trinajstić information content (AvgIpc) is 2.29. The van der Waals surface area contributed by atoms with Gasteiger partial charge in [0.1, 0.15) is 0 Å². The lowest BCUT2D eigenvalue weighted by Gasteiger charge is -2.11. The van der Waals surface area contributed by atoms with Crippen LogP contribution in [0.15, 0.2) is 29.3 Å². The van der Waals surface area contributed by atoms with Gasteiger partial charge in [-0.2, -0.15) is 0 Å². The molecule has 0 aliphatic carbocycles. The highest BCUT2D eigenvalue weighted by atomic mass is 16.3. The third-order valence-electron chi connectivity index (χ3n) is 2.18. The van der Waals surface area contributed by atoms with Gasteiger partial charge in [0.25, 0.3) is 0 Å². The molecule has 16 heavy (non-hydrogen) atoms. The van der Waals surface area contributed by atoms with Crippen LogP contribution in [-0.2, 0) is 0 Å². The van der Waals surface area contributed by atoms with Crippen LogP contribution in [-0.4, -0.2) is 49.8 Å². The van der Waals surface area contributed by atoms with E-state index in [1.807, 2.05) is 43.3 Å². The molecule has 0 aliphatic rings. The summed E-state index contributed by atoms with van der Waals surface area (Å²) in [6, 6.07) is 7.93. The van der Waals surface area contributed by atoms with Crippen molar-refractivity contribution in [1.29, 1.82) is 0 Å². The normalized spacial score (nSPS) is 13.0. The first-order valence-corrected chi connectivity index (χ1v) is 5.19. The highest BCUT2D eigenvalue weighted by Gasteiger charge is 1.98. The Balaban J connectivity index is 2.55. The summed E-state index contributed by atoms with van der Waals surface area (Å²) in [5, 5.41) is 17.7. The van der Waals surface area contributed by atoms with Gasteiger partial charge in [0.15, 0.2) is 0 Å². The Bertz CT molecular complexity index is 333. The van der Waals surface area contributed by atoms with E-state index in [0.717, 1.165) is 11.3 Å². The molecular weight excluding hydrogens is 204 g/mol. The molecule has 0 aromatic heterocycles. The molecule has 0 radical (unpaired) electrons. The second kappa shape index (κ2) is 6.25. The van der Waals surface area contributed by atoms with Crippen LogP contribution < -0.4 is 4.90 Å². The number of aliphatic imine (C=N–C) groups is 1. The standard InChI is InChI=1S/C12H18N2O2/c1-14(2)11-5-3-10(4-6-11)7-13-8-12(16)9-15/h3-7,12,15-16H,8-9H2,1-2H3. The largest absolute Gasteiger partial charge is 0.394 e. The molecule has 0 amide bonds. The van der Waals surface area contributed by atoms with Crippen molar-refractivity contribution in [3.8, 4) is 0 Å². The Morgan fingerprint density at radius 1 is 1.31 bits per heavy atom. The van der Waals surface area contributed by atoms with Crippen LogP contribution in [0.4, 0.5) is 5.69 Å². The highest BCUT2D eigenvalue weighted by molar-refractivity contribution is 5.80. The molecule has 0 bridgehead atoms. The van der Waals surface area contributed by atoms with Crippen LogP contribution in [0, 0.1) is 0 Å². The van der Waals surface area contributed by atoms with E-state index in [0.29, 0.717) is 0 Å². The Morgan fingerprint density at radius 2 is 1.94 bits per heavy atom. The van der Waals surface area contributed by atoms with E-state index >= 15 is 0 Å². The van der Waals surface area contributed by atoms with Gasteiger partial charge >= 0.3 is 0 Å². The molecule has 0 aliphatic heterocycles. The van der Waals surface area contributed by atoms with Crippen molar-refractivity contribution in [2.75, 3.05) is 32.1 Å². The van der Waals surface area contributed by atoms with Crippen molar-refractivity contribution in [2.24, 2.45) is 4.99 Å². The van der Waals surface area contributed by atoms with Gasteiger partial charge in [-0.15, -0.1) is 0 Å². The van der Waals surface area contributed by atoms with Crippen LogP contribution in [0.3, 0.4) is 0 Å². The lowest BCUT2D eigenvalue weighted by Crippen LogP contribution is -2.15. The van der Waals surface area contributed by atoms with Crippen LogP contribution in [0.2, 0.25) is 0 Å². The molecule has 1 atom stereocenters. The summed E-state index contributed by atoms with van der Waals surface area (Å²) < 4.78 is 0. The second-order valence-corrected chi connectivity index (χ2v) is 3.82. The Kier molecular flexibility index (Phi) is 4.95. The second-order valence-electron chi connectivity index (χ2n) is 3.82. The number of rotatable bonds is 5. The van der Waals surface area contributed by atoms with Gasteiger partial charge in [-0.1, -0.05) is 12.1 Å². The third kappa shape index (κ3) is 4.00. The highest BCUT2D eigenvalue weighted by Crippen LogP contribution is 2.10. The SMILES string of the molecule is CN(C)c1ccc(C=NCC(O)CO)cc1. The first-order valence-electron chi connectivity index (χ1n) is 5.19. The third-order valence-corrected chi connectivity index (χ3v) is 2.18. The number of benzene rings is 1. The smallest absolute Gasteiger partial charge is 0.0965 e. The van der Waals surface area contributed by atoms with Crippen LogP contribution in [0.25, 0.3) is 0 Å². The Labute approximate surface area is 95.9 Å². The maximum Gasteiger partial charge on any atom is 0.0965 e. The fourth-order valence-corrected chi connectivity index (χ4v) is 1.20. The number of aliphatic hydroxyl groups excluding tert-OH is 2. The maximum absolute atomic E-state index is 9.08. The fourth-order valence-electron chi connectivity index (χ4n) is 1.20. The molecule has 1 aromatic rings. The zero-order valence-electron chi connectivity index (χ0n) is 9.67. The number of hydrogen-bond acceptors (Lipinski definition) is 4. The lowest BCUT2D eigenvalue weighted by molar-refractivity contribution is 0.102. The Hall–Kier alpha value is -1.39. The van der Waals surface area contributed by atoms with Crippen LogP contribution in [0.5, 0.6) is 0 Å². The van der Waals surface area contributed by atoms with E-state index < -0.39 is 6.10 Å². The summed E-state index contributed by atoms with van der Waals surface area (Å²) in [5.41, 5.74) is 2.11. The summed E-state index contributed by atoms with van der Waals surface area (Å²) in [4.78, 5) is 6.06. The molecule has 4 nitrogen and oxygen atoms in total. The van der Waals surface area contributed by atoms with Crippen molar-refractivity contribution in [3.63, 3.8) is 0 Å². The van der Waals surface area contributed by atoms with Crippen molar-refractivity contribution in [2.45, 2.75) is 6.10 Å². The number of aliphatic hydroxyl groups is 2. The number of hydrogen-bond donors (Lipinski definition) is 2. The van der Waals surface area contributed by atoms with E-state index in [4.69, 9.17) is 10.2 Å². The van der Waals surface area contributed by atoms with Gasteiger partial charge in [0.2, 0.25) is 0 Å². The van der Waals surface area contributed by atoms with Gasteiger partial charge in [0.05, 0.1) is 19.3 Å². The first-order chi connectivity index (χ1) is 7.63. The van der Waals surface area contributed by atoms with Gasteiger partial charge in [-0.3, -0.25) is 4.99 Å². The minimum absolute atomic E-state index is 0.228. The molecule has 0 saturated carbocycles. The molecule has 0 fully saturated rings. The van der Waals surface area contributed by atoms with Gasteiger partial charge in [0, 0.05) is 26.0 Å². The monoisotopic (exact) mass is 222 g/mol. The van der Waals surface area contributed by atoms with Gasteiger partial charge in [-0.05, 0) is 17.7 Å². The molecule has 2 N–H and O–H groups in total. The molecule has 1 aromatic carbocycles. The zero-order valence-corrected chi connectivity index (χ0v) is 9.67. The van der Waals surface area contributed by atoms with Crippen molar-refractivity contribution in [1.82, 2.24) is 0 Å². The van der Waals surface area contributed by atoms with E-state index in [1.54, 1.807) is 6.21 Å². The topological polar surface area (TPSA) is 56.1 Å². The molecule has 0 heterocycles. The van der Waals surface area contributed by atoms with E-state index in [1.165, 1.54) is 0 Å². The maximum atomic E-state index is 9.08. The lowest BCUT2D eigenvalue weighted by atomic mass is 10.2. The summed E-state index contributed by atoms with van der Waals surface area (Å²) in [6.45, 7) is -0.0250. The number of anilines is 1. The predicted octanol–water partition coefficient (Wildman–Crippen LogP) is 0.525. The quantitative estimate of drug-likeness (QED) is 0.714. The van der Waals surface area contributed by atoms with E-state index in [2.05, 4.69) is 4.99 Å². The van der Waals surface area contributed by atoms with Crippen molar-refractivity contribution in [3.05, 3.63) is 29.8 Å². The molecule has 88 valence electrons. The molecule has 1 rings (SSSR count). The molecule has 0 saturated heterocycles. The van der Waals surface area contributed by atoms with Gasteiger partial charge < -0.3 is 15.1 Å². The average molecular weight is 222 g/mol. The summed E-state index contributed by atoms with van der Waals surface area (Å²) in [7, 11) is 3.97.